The molecule has 7 heteroatoms. The number of aromatic nitrogens is 4. The molecule has 24 heavy (non-hydrogen) atoms. The van der Waals surface area contributed by atoms with Crippen LogP contribution in [0.3, 0.4) is 0 Å². The van der Waals surface area contributed by atoms with Gasteiger partial charge in [-0.3, -0.25) is 10.1 Å². The van der Waals surface area contributed by atoms with Crippen molar-refractivity contribution in [2.45, 2.75) is 0 Å². The molecule has 0 atom stereocenters. The van der Waals surface area contributed by atoms with Crippen LogP contribution in [0, 0.1) is 0 Å². The van der Waals surface area contributed by atoms with E-state index in [1.165, 1.54) is 0 Å². The predicted octanol–water partition coefficient (Wildman–Crippen LogP) is 2.77. The van der Waals surface area contributed by atoms with Gasteiger partial charge in [0, 0.05) is 16.5 Å². The zero-order valence-electron chi connectivity index (χ0n) is 12.8. The SMILES string of the molecule is COc1ccc2[nH]c3nc(NC(=O)c4ccccc4)nnc3c2c1. The van der Waals surface area contributed by atoms with Gasteiger partial charge in [0.15, 0.2) is 5.65 Å². The van der Waals surface area contributed by atoms with Gasteiger partial charge in [-0.1, -0.05) is 18.2 Å². The van der Waals surface area contributed by atoms with Crippen molar-refractivity contribution < 1.29 is 9.53 Å². The minimum Gasteiger partial charge on any atom is -0.497 e. The van der Waals surface area contributed by atoms with Crippen molar-refractivity contribution in [3.8, 4) is 5.75 Å². The number of rotatable bonds is 3. The van der Waals surface area contributed by atoms with Crippen LogP contribution in [0.4, 0.5) is 5.95 Å². The molecule has 0 aliphatic heterocycles. The Kier molecular flexibility index (Phi) is 3.31. The number of nitrogens with one attached hydrogen (secondary N) is 2. The van der Waals surface area contributed by atoms with E-state index in [1.54, 1.807) is 31.4 Å². The molecule has 2 heterocycles. The Labute approximate surface area is 136 Å². The van der Waals surface area contributed by atoms with Crippen LogP contribution in [0.5, 0.6) is 5.75 Å². The number of carbonyl (C=O) groups excluding carboxylic acids is 1. The molecule has 2 aromatic carbocycles. The first-order valence-corrected chi connectivity index (χ1v) is 7.31. The molecule has 0 spiro atoms. The first-order chi connectivity index (χ1) is 11.7. The minimum atomic E-state index is -0.283. The fourth-order valence-corrected chi connectivity index (χ4v) is 2.49. The van der Waals surface area contributed by atoms with Crippen LogP contribution in [0.15, 0.2) is 48.5 Å². The van der Waals surface area contributed by atoms with E-state index in [2.05, 4.69) is 25.5 Å². The number of hydrogen-bond donors (Lipinski definition) is 2. The molecule has 0 saturated carbocycles. The lowest BCUT2D eigenvalue weighted by molar-refractivity contribution is 0.102. The van der Waals surface area contributed by atoms with Crippen molar-refractivity contribution in [1.82, 2.24) is 20.2 Å². The lowest BCUT2D eigenvalue weighted by Gasteiger charge is -2.02. The fraction of sp³-hybridized carbons (Fsp3) is 0.0588. The van der Waals surface area contributed by atoms with E-state index in [0.717, 1.165) is 16.7 Å². The molecule has 4 rings (SSSR count). The standard InChI is InChI=1S/C17H13N5O2/c1-24-11-7-8-13-12(9-11)14-15(18-13)19-17(22-21-14)20-16(23)10-5-3-2-4-6-10/h2-9H,1H3,(H2,18,19,20,22,23). The number of anilines is 1. The van der Waals surface area contributed by atoms with E-state index in [4.69, 9.17) is 4.74 Å². The Bertz CT molecular complexity index is 1040. The molecular weight excluding hydrogens is 306 g/mol. The summed E-state index contributed by atoms with van der Waals surface area (Å²) in [6.07, 6.45) is 0. The number of nitrogens with zero attached hydrogens (tertiary/aromatic N) is 3. The second-order valence-corrected chi connectivity index (χ2v) is 5.19. The Morgan fingerprint density at radius 2 is 1.96 bits per heavy atom. The first kappa shape index (κ1) is 14.1. The smallest absolute Gasteiger partial charge is 0.258 e. The van der Waals surface area contributed by atoms with E-state index in [1.807, 2.05) is 24.3 Å². The maximum Gasteiger partial charge on any atom is 0.258 e. The first-order valence-electron chi connectivity index (χ1n) is 7.31. The third kappa shape index (κ3) is 2.41. The highest BCUT2D eigenvalue weighted by atomic mass is 16.5. The van der Waals surface area contributed by atoms with Crippen molar-refractivity contribution in [3.63, 3.8) is 0 Å². The van der Waals surface area contributed by atoms with Gasteiger partial charge >= 0.3 is 0 Å². The number of aromatic amines is 1. The summed E-state index contributed by atoms with van der Waals surface area (Å²) in [5, 5.41) is 11.7. The molecule has 2 N–H and O–H groups in total. The maximum atomic E-state index is 12.2. The van der Waals surface area contributed by atoms with Crippen molar-refractivity contribution in [1.29, 1.82) is 0 Å². The van der Waals surface area contributed by atoms with Gasteiger partial charge in [-0.15, -0.1) is 10.2 Å². The molecule has 0 unspecified atom stereocenters. The Morgan fingerprint density at radius 3 is 2.75 bits per heavy atom. The van der Waals surface area contributed by atoms with E-state index >= 15 is 0 Å². The average Bonchev–Trinajstić information content (AvgIpc) is 2.99. The number of fused-ring (bicyclic) bond motifs is 3. The third-order valence-electron chi connectivity index (χ3n) is 3.68. The van der Waals surface area contributed by atoms with E-state index in [9.17, 15) is 4.79 Å². The van der Waals surface area contributed by atoms with Gasteiger partial charge in [0.05, 0.1) is 7.11 Å². The van der Waals surface area contributed by atoms with Crippen LogP contribution in [-0.2, 0) is 0 Å². The van der Waals surface area contributed by atoms with Crippen LogP contribution < -0.4 is 10.1 Å². The number of methoxy groups -OCH3 is 1. The average molecular weight is 319 g/mol. The lowest BCUT2D eigenvalue weighted by Crippen LogP contribution is -2.14. The van der Waals surface area contributed by atoms with Gasteiger partial charge in [0.25, 0.3) is 11.9 Å². The summed E-state index contributed by atoms with van der Waals surface area (Å²) in [5.41, 5.74) is 2.58. The van der Waals surface area contributed by atoms with Crippen LogP contribution in [0.25, 0.3) is 22.1 Å². The summed E-state index contributed by atoms with van der Waals surface area (Å²) < 4.78 is 5.23. The quantitative estimate of drug-likeness (QED) is 0.605. The number of amides is 1. The fourth-order valence-electron chi connectivity index (χ4n) is 2.49. The number of ether oxygens (including phenoxy) is 1. The maximum absolute atomic E-state index is 12.2. The van der Waals surface area contributed by atoms with Crippen LogP contribution in [-0.4, -0.2) is 33.2 Å². The second kappa shape index (κ2) is 5.62. The summed E-state index contributed by atoms with van der Waals surface area (Å²) in [7, 11) is 1.61. The summed E-state index contributed by atoms with van der Waals surface area (Å²) in [6, 6.07) is 14.5. The third-order valence-corrected chi connectivity index (χ3v) is 3.68. The second-order valence-electron chi connectivity index (χ2n) is 5.19. The van der Waals surface area contributed by atoms with E-state index in [0.29, 0.717) is 16.7 Å². The van der Waals surface area contributed by atoms with Crippen molar-refractivity contribution in [3.05, 3.63) is 54.1 Å². The molecule has 4 aromatic rings. The van der Waals surface area contributed by atoms with Crippen molar-refractivity contribution >= 4 is 33.9 Å². The van der Waals surface area contributed by atoms with Gasteiger partial charge < -0.3 is 9.72 Å². The monoisotopic (exact) mass is 319 g/mol. The highest BCUT2D eigenvalue weighted by molar-refractivity contribution is 6.05. The van der Waals surface area contributed by atoms with Gasteiger partial charge in [-0.25, -0.2) is 0 Å². The molecule has 7 nitrogen and oxygen atoms in total. The molecule has 0 fully saturated rings. The lowest BCUT2D eigenvalue weighted by atomic mass is 10.2. The zero-order valence-corrected chi connectivity index (χ0v) is 12.8. The Balaban J connectivity index is 1.71. The number of H-pyrrole nitrogens is 1. The molecule has 0 saturated heterocycles. The summed E-state index contributed by atoms with van der Waals surface area (Å²) >= 11 is 0. The number of carbonyl (C=O) groups is 1. The summed E-state index contributed by atoms with van der Waals surface area (Å²) in [6.45, 7) is 0. The van der Waals surface area contributed by atoms with Gasteiger partial charge in [0.1, 0.15) is 11.3 Å². The molecule has 0 bridgehead atoms. The highest BCUT2D eigenvalue weighted by Crippen LogP contribution is 2.26. The molecule has 0 aliphatic rings. The minimum absolute atomic E-state index is 0.148. The molecule has 0 aliphatic carbocycles. The molecule has 0 radical (unpaired) electrons. The van der Waals surface area contributed by atoms with Crippen molar-refractivity contribution in [2.24, 2.45) is 0 Å². The molecular formula is C17H13N5O2. The number of benzene rings is 2. The van der Waals surface area contributed by atoms with E-state index < -0.39 is 0 Å². The zero-order chi connectivity index (χ0) is 16.5. The van der Waals surface area contributed by atoms with Gasteiger partial charge in [0.2, 0.25) is 0 Å². The number of hydrogen-bond acceptors (Lipinski definition) is 5. The Hall–Kier alpha value is -3.48. The van der Waals surface area contributed by atoms with Gasteiger partial charge in [-0.05, 0) is 30.3 Å². The largest absolute Gasteiger partial charge is 0.497 e. The van der Waals surface area contributed by atoms with E-state index in [-0.39, 0.29) is 11.9 Å². The Morgan fingerprint density at radius 1 is 1.12 bits per heavy atom. The molecule has 118 valence electrons. The van der Waals surface area contributed by atoms with Crippen molar-refractivity contribution in [2.75, 3.05) is 12.4 Å². The summed E-state index contributed by atoms with van der Waals surface area (Å²) in [4.78, 5) is 19.7. The van der Waals surface area contributed by atoms with Crippen LogP contribution in [0.2, 0.25) is 0 Å². The van der Waals surface area contributed by atoms with Gasteiger partial charge in [-0.2, -0.15) is 4.98 Å². The van der Waals surface area contributed by atoms with Crippen LogP contribution in [0.1, 0.15) is 10.4 Å². The topological polar surface area (TPSA) is 92.8 Å². The molecule has 2 aromatic heterocycles. The highest BCUT2D eigenvalue weighted by Gasteiger charge is 2.12. The molecule has 1 amide bonds. The predicted molar refractivity (Wildman–Crippen MR) is 90.1 cm³/mol. The van der Waals surface area contributed by atoms with Crippen LogP contribution >= 0.6 is 0 Å². The normalized spacial score (nSPS) is 10.9. The summed E-state index contributed by atoms with van der Waals surface area (Å²) in [5.74, 6) is 0.594.